The Hall–Kier alpha value is -2.41. The highest BCUT2D eigenvalue weighted by Gasteiger charge is 2.08. The second-order valence-corrected chi connectivity index (χ2v) is 6.90. The third-order valence-corrected chi connectivity index (χ3v) is 5.00. The Morgan fingerprint density at radius 1 is 0.654 bits per heavy atom. The Morgan fingerprint density at radius 3 is 1.88 bits per heavy atom. The minimum Gasteiger partial charge on any atom is -0.206 e. The molecule has 3 rings (SSSR count). The predicted molar refractivity (Wildman–Crippen MR) is 110 cm³/mol. The summed E-state index contributed by atoms with van der Waals surface area (Å²) in [6.45, 7) is 4.35. The molecule has 0 atom stereocenters. The van der Waals surface area contributed by atoms with Crippen LogP contribution in [0.2, 0.25) is 0 Å². The summed E-state index contributed by atoms with van der Waals surface area (Å²) in [6, 6.07) is 22.2. The minimum absolute atomic E-state index is 0.166. The van der Waals surface area contributed by atoms with Gasteiger partial charge in [-0.3, -0.25) is 0 Å². The Morgan fingerprint density at radius 2 is 1.27 bits per heavy atom. The summed E-state index contributed by atoms with van der Waals surface area (Å²) in [5, 5.41) is 0. The zero-order chi connectivity index (χ0) is 18.4. The van der Waals surface area contributed by atoms with E-state index in [0.717, 1.165) is 29.5 Å². The van der Waals surface area contributed by atoms with Gasteiger partial charge in [-0.15, -0.1) is 0 Å². The molecule has 0 N–H and O–H groups in total. The molecule has 0 heterocycles. The number of rotatable bonds is 7. The van der Waals surface area contributed by atoms with E-state index >= 15 is 0 Å². The number of aryl methyl sites for hydroxylation is 2. The topological polar surface area (TPSA) is 0 Å². The zero-order valence-electron chi connectivity index (χ0n) is 15.8. The van der Waals surface area contributed by atoms with Crippen LogP contribution < -0.4 is 0 Å². The van der Waals surface area contributed by atoms with E-state index in [1.54, 1.807) is 6.07 Å². The van der Waals surface area contributed by atoms with Gasteiger partial charge < -0.3 is 0 Å². The molecule has 3 aromatic rings. The fourth-order valence-corrected chi connectivity index (χ4v) is 3.29. The van der Waals surface area contributed by atoms with Gasteiger partial charge in [-0.25, -0.2) is 4.39 Å². The largest absolute Gasteiger partial charge is 0.206 e. The van der Waals surface area contributed by atoms with Crippen molar-refractivity contribution in [1.82, 2.24) is 0 Å². The van der Waals surface area contributed by atoms with Crippen LogP contribution in [-0.4, -0.2) is 0 Å². The molecule has 26 heavy (non-hydrogen) atoms. The van der Waals surface area contributed by atoms with Gasteiger partial charge in [-0.1, -0.05) is 87.4 Å². The molecular formula is C25H27F. The Bertz CT molecular complexity index is 829. The molecule has 0 unspecified atom stereocenters. The summed E-state index contributed by atoms with van der Waals surface area (Å²) in [5.41, 5.74) is 6.21. The summed E-state index contributed by atoms with van der Waals surface area (Å²) in [4.78, 5) is 0. The molecule has 0 bridgehead atoms. The quantitative estimate of drug-likeness (QED) is 0.390. The highest BCUT2D eigenvalue weighted by atomic mass is 19.1. The van der Waals surface area contributed by atoms with E-state index in [9.17, 15) is 4.39 Å². The average molecular weight is 346 g/mol. The molecule has 0 aromatic heterocycles. The molecule has 0 spiro atoms. The molecule has 1 heteroatoms. The van der Waals surface area contributed by atoms with Gasteiger partial charge in [0.15, 0.2) is 0 Å². The van der Waals surface area contributed by atoms with Crippen molar-refractivity contribution in [2.45, 2.75) is 46.0 Å². The predicted octanol–water partition coefficient (Wildman–Crippen LogP) is 7.45. The van der Waals surface area contributed by atoms with Gasteiger partial charge in [0.05, 0.1) is 0 Å². The number of hydrogen-bond donors (Lipinski definition) is 0. The molecule has 0 amide bonds. The van der Waals surface area contributed by atoms with Crippen molar-refractivity contribution in [2.75, 3.05) is 0 Å². The molecule has 134 valence electrons. The van der Waals surface area contributed by atoms with Crippen molar-refractivity contribution in [1.29, 1.82) is 0 Å². The molecule has 3 aromatic carbocycles. The molecule has 0 saturated heterocycles. The molecule has 0 aliphatic rings. The van der Waals surface area contributed by atoms with E-state index in [-0.39, 0.29) is 5.82 Å². The van der Waals surface area contributed by atoms with Crippen LogP contribution >= 0.6 is 0 Å². The van der Waals surface area contributed by atoms with Crippen molar-refractivity contribution in [3.05, 3.63) is 83.7 Å². The summed E-state index contributed by atoms with van der Waals surface area (Å²) < 4.78 is 14.7. The number of benzene rings is 3. The normalized spacial score (nSPS) is 10.9. The van der Waals surface area contributed by atoms with Crippen molar-refractivity contribution in [2.24, 2.45) is 0 Å². The van der Waals surface area contributed by atoms with Gasteiger partial charge in [0, 0.05) is 5.56 Å². The van der Waals surface area contributed by atoms with Crippen LogP contribution in [0.5, 0.6) is 0 Å². The molecule has 0 aliphatic heterocycles. The SMILES string of the molecule is CCCCCc1ccc(-c2ccc(-c3ccc(CC)cc3)cc2F)cc1. The molecular weight excluding hydrogens is 319 g/mol. The molecule has 0 saturated carbocycles. The highest BCUT2D eigenvalue weighted by molar-refractivity contribution is 5.71. The van der Waals surface area contributed by atoms with Crippen molar-refractivity contribution >= 4 is 0 Å². The zero-order valence-corrected chi connectivity index (χ0v) is 15.8. The van der Waals surface area contributed by atoms with E-state index in [2.05, 4.69) is 50.2 Å². The monoisotopic (exact) mass is 346 g/mol. The van der Waals surface area contributed by atoms with Gasteiger partial charge in [0.1, 0.15) is 5.82 Å². The van der Waals surface area contributed by atoms with E-state index < -0.39 is 0 Å². The smallest absolute Gasteiger partial charge is 0.131 e. The first-order valence-electron chi connectivity index (χ1n) is 9.69. The van der Waals surface area contributed by atoms with E-state index in [1.807, 2.05) is 24.3 Å². The van der Waals surface area contributed by atoms with Crippen LogP contribution in [0.4, 0.5) is 4.39 Å². The molecule has 0 radical (unpaired) electrons. The van der Waals surface area contributed by atoms with Crippen LogP contribution in [0.1, 0.15) is 44.2 Å². The van der Waals surface area contributed by atoms with Crippen LogP contribution in [0.3, 0.4) is 0 Å². The van der Waals surface area contributed by atoms with Crippen LogP contribution in [0.15, 0.2) is 66.7 Å². The summed E-state index contributed by atoms with van der Waals surface area (Å²) in [5.74, 6) is -0.166. The average Bonchev–Trinajstić information content (AvgIpc) is 2.69. The third kappa shape index (κ3) is 4.40. The Balaban J connectivity index is 1.78. The van der Waals surface area contributed by atoms with Crippen molar-refractivity contribution < 1.29 is 4.39 Å². The van der Waals surface area contributed by atoms with Gasteiger partial charge in [-0.2, -0.15) is 0 Å². The van der Waals surface area contributed by atoms with Crippen molar-refractivity contribution in [3.8, 4) is 22.3 Å². The molecule has 0 fully saturated rings. The summed E-state index contributed by atoms with van der Waals surface area (Å²) >= 11 is 0. The van der Waals surface area contributed by atoms with Crippen molar-refractivity contribution in [3.63, 3.8) is 0 Å². The van der Waals surface area contributed by atoms with E-state index in [1.165, 1.54) is 30.4 Å². The standard InChI is InChI=1S/C25H27F/c1-3-5-6-7-20-10-14-22(15-11-20)24-17-16-23(18-25(24)26)21-12-8-19(4-2)9-13-21/h8-18H,3-7H2,1-2H3. The first-order chi connectivity index (χ1) is 12.7. The fourth-order valence-electron chi connectivity index (χ4n) is 3.29. The maximum atomic E-state index is 14.7. The van der Waals surface area contributed by atoms with Crippen LogP contribution in [0, 0.1) is 5.82 Å². The lowest BCUT2D eigenvalue weighted by molar-refractivity contribution is 0.632. The summed E-state index contributed by atoms with van der Waals surface area (Å²) in [6.07, 6.45) is 5.83. The summed E-state index contributed by atoms with van der Waals surface area (Å²) in [7, 11) is 0. The second kappa shape index (κ2) is 8.80. The van der Waals surface area contributed by atoms with Crippen LogP contribution in [-0.2, 0) is 12.8 Å². The Labute approximate surface area is 156 Å². The van der Waals surface area contributed by atoms with Gasteiger partial charge in [-0.05, 0) is 53.1 Å². The minimum atomic E-state index is -0.166. The third-order valence-electron chi connectivity index (χ3n) is 5.00. The maximum absolute atomic E-state index is 14.7. The molecule has 0 nitrogen and oxygen atoms in total. The fraction of sp³-hybridized carbons (Fsp3) is 0.280. The van der Waals surface area contributed by atoms with E-state index in [0.29, 0.717) is 5.56 Å². The number of hydrogen-bond acceptors (Lipinski definition) is 0. The van der Waals surface area contributed by atoms with Gasteiger partial charge in [0.25, 0.3) is 0 Å². The lowest BCUT2D eigenvalue weighted by Crippen LogP contribution is -1.89. The number of halogens is 1. The number of unbranched alkanes of at least 4 members (excludes halogenated alkanes) is 2. The Kier molecular flexibility index (Phi) is 6.22. The lowest BCUT2D eigenvalue weighted by Gasteiger charge is -2.09. The lowest BCUT2D eigenvalue weighted by atomic mass is 9.97. The second-order valence-electron chi connectivity index (χ2n) is 6.90. The first-order valence-corrected chi connectivity index (χ1v) is 9.69. The molecule has 0 aliphatic carbocycles. The highest BCUT2D eigenvalue weighted by Crippen LogP contribution is 2.28. The van der Waals surface area contributed by atoms with E-state index in [4.69, 9.17) is 0 Å². The first kappa shape index (κ1) is 18.4. The van der Waals surface area contributed by atoms with Crippen LogP contribution in [0.25, 0.3) is 22.3 Å². The maximum Gasteiger partial charge on any atom is 0.131 e. The van der Waals surface area contributed by atoms with Gasteiger partial charge in [0.2, 0.25) is 0 Å². The van der Waals surface area contributed by atoms with Gasteiger partial charge >= 0.3 is 0 Å².